The van der Waals surface area contributed by atoms with E-state index in [1.54, 1.807) is 0 Å². The lowest BCUT2D eigenvalue weighted by molar-refractivity contribution is -0.139. The lowest BCUT2D eigenvalue weighted by Gasteiger charge is -2.02. The van der Waals surface area contributed by atoms with E-state index in [0.717, 1.165) is 12.8 Å². The summed E-state index contributed by atoms with van der Waals surface area (Å²) in [4.78, 5) is 10.3. The van der Waals surface area contributed by atoms with Gasteiger partial charge in [-0.1, -0.05) is 44.1 Å². The summed E-state index contributed by atoms with van der Waals surface area (Å²) in [6.45, 7) is 2.19. The van der Waals surface area contributed by atoms with E-state index >= 15 is 0 Å². The summed E-state index contributed by atoms with van der Waals surface area (Å²) in [5.74, 6) is -0.957. The molecular formula is C14H24O3. The minimum atomic E-state index is -0.957. The molecule has 0 aliphatic carbocycles. The van der Waals surface area contributed by atoms with Gasteiger partial charge in [0.15, 0.2) is 0 Å². The number of aliphatic hydroxyl groups excluding tert-OH is 1. The molecule has 0 aromatic heterocycles. The molecule has 0 heterocycles. The van der Waals surface area contributed by atoms with Crippen LogP contribution in [0.4, 0.5) is 0 Å². The summed E-state index contributed by atoms with van der Waals surface area (Å²) in [5, 5.41) is 17.7. The molecular weight excluding hydrogens is 216 g/mol. The molecule has 0 saturated heterocycles. The van der Waals surface area contributed by atoms with Crippen LogP contribution in [0.15, 0.2) is 24.3 Å². The first-order valence-electron chi connectivity index (χ1n) is 6.36. The highest BCUT2D eigenvalue weighted by Gasteiger charge is 2.06. The molecule has 0 radical (unpaired) electrons. The predicted octanol–water partition coefficient (Wildman–Crippen LogP) is 3.29. The maximum Gasteiger partial charge on any atom is 0.305 e. The highest BCUT2D eigenvalue weighted by molar-refractivity contribution is 5.67. The number of aliphatic carboxylic acids is 1. The zero-order valence-corrected chi connectivity index (χ0v) is 10.6. The Hall–Kier alpha value is -1.09. The van der Waals surface area contributed by atoms with Crippen molar-refractivity contribution in [2.24, 2.45) is 0 Å². The van der Waals surface area contributed by atoms with Gasteiger partial charge in [-0.2, -0.15) is 0 Å². The van der Waals surface area contributed by atoms with Crippen molar-refractivity contribution < 1.29 is 15.0 Å². The fourth-order valence-electron chi connectivity index (χ4n) is 1.44. The number of hydrogen-bond donors (Lipinski definition) is 2. The van der Waals surface area contributed by atoms with Gasteiger partial charge in [-0.05, 0) is 25.7 Å². The Morgan fingerprint density at radius 1 is 1.18 bits per heavy atom. The van der Waals surface area contributed by atoms with E-state index in [9.17, 15) is 9.90 Å². The topological polar surface area (TPSA) is 57.5 Å². The van der Waals surface area contributed by atoms with Crippen LogP contribution in [0.3, 0.4) is 0 Å². The summed E-state index contributed by atoms with van der Waals surface area (Å²) < 4.78 is 0. The molecule has 0 aliphatic heterocycles. The molecule has 1 atom stereocenters. The van der Waals surface area contributed by atoms with Gasteiger partial charge in [0.25, 0.3) is 0 Å². The molecule has 0 amide bonds. The van der Waals surface area contributed by atoms with Crippen LogP contribution in [0, 0.1) is 0 Å². The number of carbonyl (C=O) groups is 1. The number of carboxylic acid groups (broad SMARTS) is 1. The fourth-order valence-corrected chi connectivity index (χ4v) is 1.44. The van der Waals surface area contributed by atoms with Crippen molar-refractivity contribution in [2.45, 2.75) is 58.0 Å². The molecule has 0 saturated carbocycles. The summed E-state index contributed by atoms with van der Waals surface area (Å²) in [6.07, 6.45) is 13.3. The van der Waals surface area contributed by atoms with E-state index < -0.39 is 12.1 Å². The van der Waals surface area contributed by atoms with Gasteiger partial charge in [0.1, 0.15) is 0 Å². The minimum Gasteiger partial charge on any atom is -0.481 e. The van der Waals surface area contributed by atoms with Gasteiger partial charge in [-0.15, -0.1) is 0 Å². The highest BCUT2D eigenvalue weighted by Crippen LogP contribution is 2.02. The molecule has 0 aromatic rings. The van der Waals surface area contributed by atoms with Crippen LogP contribution < -0.4 is 0 Å². The largest absolute Gasteiger partial charge is 0.481 e. The maximum atomic E-state index is 10.3. The van der Waals surface area contributed by atoms with Crippen LogP contribution in [-0.4, -0.2) is 22.3 Å². The lowest BCUT2D eigenvalue weighted by atomic mass is 10.1. The van der Waals surface area contributed by atoms with Gasteiger partial charge < -0.3 is 10.2 Å². The Balaban J connectivity index is 3.44. The standard InChI is InChI=1S/C14H24O3/c1-2-3-4-5-6-7-8-9-10-11-13(15)12-14(16)17/h6-7,9-10,13,15H,2-5,8,11-12H2,1H3,(H,16,17). The minimum absolute atomic E-state index is 0.183. The first-order valence-corrected chi connectivity index (χ1v) is 6.36. The Morgan fingerprint density at radius 3 is 2.53 bits per heavy atom. The number of allylic oxidation sites excluding steroid dienone is 3. The Kier molecular flexibility index (Phi) is 10.7. The van der Waals surface area contributed by atoms with Gasteiger partial charge in [0, 0.05) is 0 Å². The van der Waals surface area contributed by atoms with Crippen molar-refractivity contribution in [3.63, 3.8) is 0 Å². The van der Waals surface area contributed by atoms with E-state index in [0.29, 0.717) is 6.42 Å². The summed E-state index contributed by atoms with van der Waals surface area (Å²) in [5.41, 5.74) is 0. The Labute approximate surface area is 104 Å². The number of hydrogen-bond acceptors (Lipinski definition) is 2. The highest BCUT2D eigenvalue weighted by atomic mass is 16.4. The molecule has 0 aromatic carbocycles. The molecule has 0 bridgehead atoms. The fraction of sp³-hybridized carbons (Fsp3) is 0.643. The first-order chi connectivity index (χ1) is 8.16. The molecule has 0 rings (SSSR count). The molecule has 0 fully saturated rings. The third kappa shape index (κ3) is 12.8. The quantitative estimate of drug-likeness (QED) is 0.455. The molecule has 0 spiro atoms. The molecule has 98 valence electrons. The maximum absolute atomic E-state index is 10.3. The summed E-state index contributed by atoms with van der Waals surface area (Å²) in [7, 11) is 0. The van der Waals surface area contributed by atoms with Crippen LogP contribution in [0.5, 0.6) is 0 Å². The van der Waals surface area contributed by atoms with Crippen molar-refractivity contribution in [2.75, 3.05) is 0 Å². The van der Waals surface area contributed by atoms with E-state index in [4.69, 9.17) is 5.11 Å². The normalized spacial score (nSPS) is 13.5. The van der Waals surface area contributed by atoms with Crippen LogP contribution in [-0.2, 0) is 4.79 Å². The second kappa shape index (κ2) is 11.4. The Bertz CT molecular complexity index is 244. The Morgan fingerprint density at radius 2 is 1.88 bits per heavy atom. The van der Waals surface area contributed by atoms with Gasteiger partial charge >= 0.3 is 5.97 Å². The zero-order chi connectivity index (χ0) is 12.9. The van der Waals surface area contributed by atoms with Crippen LogP contribution in [0.25, 0.3) is 0 Å². The van der Waals surface area contributed by atoms with Crippen molar-refractivity contribution >= 4 is 5.97 Å². The van der Waals surface area contributed by atoms with Crippen LogP contribution in [0.2, 0.25) is 0 Å². The number of aliphatic hydroxyl groups is 1. The van der Waals surface area contributed by atoms with Crippen LogP contribution >= 0.6 is 0 Å². The molecule has 17 heavy (non-hydrogen) atoms. The molecule has 3 nitrogen and oxygen atoms in total. The predicted molar refractivity (Wildman–Crippen MR) is 69.9 cm³/mol. The van der Waals surface area contributed by atoms with Crippen molar-refractivity contribution in [3.8, 4) is 0 Å². The second-order valence-corrected chi connectivity index (χ2v) is 4.16. The van der Waals surface area contributed by atoms with E-state index in [-0.39, 0.29) is 6.42 Å². The summed E-state index contributed by atoms with van der Waals surface area (Å²) in [6, 6.07) is 0. The van der Waals surface area contributed by atoms with E-state index in [2.05, 4.69) is 19.1 Å². The van der Waals surface area contributed by atoms with Crippen LogP contribution in [0.1, 0.15) is 51.9 Å². The van der Waals surface area contributed by atoms with Crippen molar-refractivity contribution in [1.82, 2.24) is 0 Å². The van der Waals surface area contributed by atoms with Gasteiger partial charge in [-0.3, -0.25) is 4.79 Å². The first kappa shape index (κ1) is 15.9. The third-order valence-corrected chi connectivity index (χ3v) is 2.40. The third-order valence-electron chi connectivity index (χ3n) is 2.40. The number of carboxylic acids is 1. The average Bonchev–Trinajstić information content (AvgIpc) is 2.26. The molecule has 1 unspecified atom stereocenters. The van der Waals surface area contributed by atoms with Gasteiger partial charge in [0.2, 0.25) is 0 Å². The summed E-state index contributed by atoms with van der Waals surface area (Å²) >= 11 is 0. The van der Waals surface area contributed by atoms with Crippen molar-refractivity contribution in [1.29, 1.82) is 0 Å². The van der Waals surface area contributed by atoms with Gasteiger partial charge in [0.05, 0.1) is 12.5 Å². The van der Waals surface area contributed by atoms with E-state index in [1.165, 1.54) is 19.3 Å². The SMILES string of the molecule is CCCCCC=CCC=CCC(O)CC(=O)O. The molecule has 3 heteroatoms. The molecule has 2 N–H and O–H groups in total. The monoisotopic (exact) mass is 240 g/mol. The lowest BCUT2D eigenvalue weighted by Crippen LogP contribution is -2.11. The van der Waals surface area contributed by atoms with Crippen molar-refractivity contribution in [3.05, 3.63) is 24.3 Å². The number of rotatable bonds is 10. The second-order valence-electron chi connectivity index (χ2n) is 4.16. The molecule has 0 aliphatic rings. The van der Waals surface area contributed by atoms with E-state index in [1.807, 2.05) is 12.2 Å². The average molecular weight is 240 g/mol. The zero-order valence-electron chi connectivity index (χ0n) is 10.6. The smallest absolute Gasteiger partial charge is 0.305 e. The number of unbranched alkanes of at least 4 members (excludes halogenated alkanes) is 3. The van der Waals surface area contributed by atoms with Gasteiger partial charge in [-0.25, -0.2) is 0 Å².